The summed E-state index contributed by atoms with van der Waals surface area (Å²) >= 11 is 0. The molecular weight excluding hydrogens is 354 g/mol. The van der Waals surface area contributed by atoms with Gasteiger partial charge in [0.15, 0.2) is 17.2 Å². The SMILES string of the molecule is CCOCCOC(=O)C(=NOS(C)(=O)=O)c1ccc(OC)c(OC)c1. The molecule has 0 heterocycles. The Morgan fingerprint density at radius 2 is 1.80 bits per heavy atom. The minimum atomic E-state index is -3.89. The van der Waals surface area contributed by atoms with E-state index >= 15 is 0 Å². The number of methoxy groups -OCH3 is 2. The van der Waals surface area contributed by atoms with Crippen LogP contribution in [0.3, 0.4) is 0 Å². The van der Waals surface area contributed by atoms with Crippen LogP contribution in [-0.4, -0.2) is 60.4 Å². The monoisotopic (exact) mass is 375 g/mol. The molecule has 0 atom stereocenters. The van der Waals surface area contributed by atoms with Gasteiger partial charge in [-0.25, -0.2) is 4.79 Å². The number of benzene rings is 1. The number of esters is 1. The molecule has 0 bridgehead atoms. The van der Waals surface area contributed by atoms with Crippen molar-refractivity contribution in [2.75, 3.05) is 40.3 Å². The van der Waals surface area contributed by atoms with E-state index in [2.05, 4.69) is 9.44 Å². The van der Waals surface area contributed by atoms with Crippen molar-refractivity contribution < 1.29 is 36.4 Å². The first-order chi connectivity index (χ1) is 11.8. The van der Waals surface area contributed by atoms with Gasteiger partial charge in [-0.15, -0.1) is 0 Å². The molecule has 0 aliphatic heterocycles. The number of hydrogen-bond acceptors (Lipinski definition) is 9. The van der Waals surface area contributed by atoms with Crippen LogP contribution < -0.4 is 9.47 Å². The maximum absolute atomic E-state index is 12.2. The van der Waals surface area contributed by atoms with Crippen molar-refractivity contribution in [3.63, 3.8) is 0 Å². The van der Waals surface area contributed by atoms with E-state index in [4.69, 9.17) is 18.9 Å². The molecule has 0 spiro atoms. The molecule has 10 heteroatoms. The zero-order chi connectivity index (χ0) is 18.9. The summed E-state index contributed by atoms with van der Waals surface area (Å²) in [5.74, 6) is -0.107. The highest BCUT2D eigenvalue weighted by atomic mass is 32.2. The van der Waals surface area contributed by atoms with Gasteiger partial charge in [0.2, 0.25) is 0 Å². The fraction of sp³-hybridized carbons (Fsp3) is 0.467. The molecule has 0 unspecified atom stereocenters. The number of rotatable bonds is 10. The normalized spacial score (nSPS) is 11.8. The average molecular weight is 375 g/mol. The lowest BCUT2D eigenvalue weighted by atomic mass is 10.1. The topological polar surface area (TPSA) is 110 Å². The standard InChI is InChI=1S/C15H21NO8S/c1-5-22-8-9-23-15(17)14(16-24-25(4,18)19)11-6-7-12(20-2)13(10-11)21-3/h6-7,10H,5,8-9H2,1-4H3. The Hall–Kier alpha value is -2.33. The first-order valence-corrected chi connectivity index (χ1v) is 9.08. The smallest absolute Gasteiger partial charge is 0.361 e. The van der Waals surface area contributed by atoms with Crippen molar-refractivity contribution in [1.82, 2.24) is 0 Å². The van der Waals surface area contributed by atoms with Gasteiger partial charge in [-0.05, 0) is 25.1 Å². The number of nitrogens with zero attached hydrogens (tertiary/aromatic N) is 1. The number of oxime groups is 1. The predicted octanol–water partition coefficient (Wildman–Crippen LogP) is 0.964. The Labute approximate surface area is 146 Å². The van der Waals surface area contributed by atoms with Gasteiger partial charge in [0.05, 0.1) is 27.1 Å². The summed E-state index contributed by atoms with van der Waals surface area (Å²) < 4.78 is 47.1. The van der Waals surface area contributed by atoms with Gasteiger partial charge >= 0.3 is 16.1 Å². The van der Waals surface area contributed by atoms with E-state index in [0.29, 0.717) is 18.1 Å². The van der Waals surface area contributed by atoms with Crippen molar-refractivity contribution in [1.29, 1.82) is 0 Å². The number of carbonyl (C=O) groups excluding carboxylic acids is 1. The van der Waals surface area contributed by atoms with E-state index in [1.807, 2.05) is 0 Å². The van der Waals surface area contributed by atoms with Crippen LogP contribution in [-0.2, 0) is 28.7 Å². The molecule has 9 nitrogen and oxygen atoms in total. The lowest BCUT2D eigenvalue weighted by Gasteiger charge is -2.11. The molecule has 0 saturated carbocycles. The maximum atomic E-state index is 12.2. The molecule has 0 saturated heterocycles. The largest absolute Gasteiger partial charge is 0.493 e. The van der Waals surface area contributed by atoms with E-state index < -0.39 is 16.1 Å². The predicted molar refractivity (Wildman–Crippen MR) is 89.5 cm³/mol. The van der Waals surface area contributed by atoms with Crippen molar-refractivity contribution in [3.8, 4) is 11.5 Å². The summed E-state index contributed by atoms with van der Waals surface area (Å²) in [4.78, 5) is 12.2. The van der Waals surface area contributed by atoms with Gasteiger partial charge in [-0.3, -0.25) is 4.28 Å². The van der Waals surface area contributed by atoms with Crippen LogP contribution in [0.2, 0.25) is 0 Å². The molecule has 140 valence electrons. The van der Waals surface area contributed by atoms with Crippen LogP contribution in [0.1, 0.15) is 12.5 Å². The molecule has 1 aromatic rings. The first-order valence-electron chi connectivity index (χ1n) is 7.26. The summed E-state index contributed by atoms with van der Waals surface area (Å²) in [7, 11) is -1.01. The van der Waals surface area contributed by atoms with Crippen LogP contribution in [0.5, 0.6) is 11.5 Å². The molecule has 0 aliphatic carbocycles. The van der Waals surface area contributed by atoms with Crippen LogP contribution in [0.4, 0.5) is 0 Å². The minimum absolute atomic E-state index is 0.0160. The van der Waals surface area contributed by atoms with Crippen LogP contribution in [0, 0.1) is 0 Å². The summed E-state index contributed by atoms with van der Waals surface area (Å²) in [5.41, 5.74) is -0.0920. The fourth-order valence-electron chi connectivity index (χ4n) is 1.70. The highest BCUT2D eigenvalue weighted by Gasteiger charge is 2.20. The number of hydrogen-bond donors (Lipinski definition) is 0. The second kappa shape index (κ2) is 9.84. The molecule has 0 amide bonds. The lowest BCUT2D eigenvalue weighted by Crippen LogP contribution is -2.22. The van der Waals surface area contributed by atoms with Gasteiger partial charge in [0.25, 0.3) is 0 Å². The molecule has 0 fully saturated rings. The number of ether oxygens (including phenoxy) is 4. The third kappa shape index (κ3) is 6.98. The fourth-order valence-corrected chi connectivity index (χ4v) is 1.91. The van der Waals surface area contributed by atoms with E-state index in [1.165, 1.54) is 32.4 Å². The van der Waals surface area contributed by atoms with Gasteiger partial charge < -0.3 is 18.9 Å². The molecule has 0 aromatic heterocycles. The molecule has 25 heavy (non-hydrogen) atoms. The second-order valence-electron chi connectivity index (χ2n) is 4.62. The number of carbonyl (C=O) groups is 1. The summed E-state index contributed by atoms with van der Waals surface area (Å²) in [6, 6.07) is 4.49. The third-order valence-electron chi connectivity index (χ3n) is 2.78. The van der Waals surface area contributed by atoms with Crippen LogP contribution in [0.25, 0.3) is 0 Å². The Balaban J connectivity index is 3.12. The Bertz CT molecular complexity index is 714. The summed E-state index contributed by atoms with van der Waals surface area (Å²) in [5, 5.41) is 3.41. The minimum Gasteiger partial charge on any atom is -0.493 e. The summed E-state index contributed by atoms with van der Waals surface area (Å²) in [6.07, 6.45) is 0.809. The van der Waals surface area contributed by atoms with Gasteiger partial charge in [-0.1, -0.05) is 5.16 Å². The van der Waals surface area contributed by atoms with Crippen molar-refractivity contribution >= 4 is 21.8 Å². The summed E-state index contributed by atoms with van der Waals surface area (Å²) in [6.45, 7) is 2.47. The quantitative estimate of drug-likeness (QED) is 0.257. The zero-order valence-electron chi connectivity index (χ0n) is 14.5. The highest BCUT2D eigenvalue weighted by molar-refractivity contribution is 7.85. The van der Waals surface area contributed by atoms with E-state index in [9.17, 15) is 13.2 Å². The Kier molecular flexibility index (Phi) is 8.16. The van der Waals surface area contributed by atoms with Crippen molar-refractivity contribution in [2.24, 2.45) is 5.16 Å². The first kappa shape index (κ1) is 20.7. The van der Waals surface area contributed by atoms with E-state index in [1.54, 1.807) is 6.92 Å². The molecular formula is C15H21NO8S. The molecule has 1 rings (SSSR count). The second-order valence-corrected chi connectivity index (χ2v) is 6.18. The van der Waals surface area contributed by atoms with Gasteiger partial charge in [0.1, 0.15) is 6.61 Å². The lowest BCUT2D eigenvalue weighted by molar-refractivity contribution is -0.137. The molecule has 1 aromatic carbocycles. The zero-order valence-corrected chi connectivity index (χ0v) is 15.3. The maximum Gasteiger partial charge on any atom is 0.361 e. The van der Waals surface area contributed by atoms with Crippen molar-refractivity contribution in [2.45, 2.75) is 6.92 Å². The van der Waals surface area contributed by atoms with Crippen molar-refractivity contribution in [3.05, 3.63) is 23.8 Å². The van der Waals surface area contributed by atoms with Crippen LogP contribution in [0.15, 0.2) is 23.4 Å². The molecule has 0 radical (unpaired) electrons. The Morgan fingerprint density at radius 1 is 1.12 bits per heavy atom. The molecule has 0 aliphatic rings. The average Bonchev–Trinajstić information content (AvgIpc) is 2.57. The molecule has 0 N–H and O–H groups in total. The van der Waals surface area contributed by atoms with E-state index in [-0.39, 0.29) is 24.5 Å². The highest BCUT2D eigenvalue weighted by Crippen LogP contribution is 2.28. The van der Waals surface area contributed by atoms with Gasteiger partial charge in [-0.2, -0.15) is 8.42 Å². The van der Waals surface area contributed by atoms with E-state index in [0.717, 1.165) is 6.26 Å². The third-order valence-corrected chi connectivity index (χ3v) is 3.12. The Morgan fingerprint density at radius 3 is 2.36 bits per heavy atom. The van der Waals surface area contributed by atoms with Crippen LogP contribution >= 0.6 is 0 Å². The van der Waals surface area contributed by atoms with Gasteiger partial charge in [0, 0.05) is 12.2 Å².